The number of carbonyl (C=O) groups excluding carboxylic acids is 1. The Morgan fingerprint density at radius 3 is 2.64 bits per heavy atom. The molecule has 118 valence electrons. The summed E-state index contributed by atoms with van der Waals surface area (Å²) in [6.07, 6.45) is -3.00. The summed E-state index contributed by atoms with van der Waals surface area (Å²) in [7, 11) is 0. The maximum Gasteiger partial charge on any atom is 0.471 e. The van der Waals surface area contributed by atoms with Crippen LogP contribution in [-0.2, 0) is 11.0 Å². The molecule has 0 saturated heterocycles. The van der Waals surface area contributed by atoms with Crippen LogP contribution in [0, 0.1) is 0 Å². The number of amides is 1. The highest BCUT2D eigenvalue weighted by Crippen LogP contribution is 2.29. The zero-order valence-corrected chi connectivity index (χ0v) is 11.8. The molecule has 0 spiro atoms. The Kier molecular flexibility index (Phi) is 4.43. The largest absolute Gasteiger partial charge is 0.471 e. The minimum atomic E-state index is -4.68. The maximum atomic E-state index is 12.4. The lowest BCUT2D eigenvalue weighted by molar-refractivity contribution is -0.159. The van der Waals surface area contributed by atoms with Gasteiger partial charge in [-0.1, -0.05) is 12.1 Å². The number of halogens is 3. The van der Waals surface area contributed by atoms with E-state index in [-0.39, 0.29) is 23.3 Å². The molecule has 22 heavy (non-hydrogen) atoms. The first-order chi connectivity index (χ1) is 10.3. The van der Waals surface area contributed by atoms with Crippen molar-refractivity contribution in [3.63, 3.8) is 0 Å². The van der Waals surface area contributed by atoms with Gasteiger partial charge in [0.15, 0.2) is 0 Å². The second-order valence-electron chi connectivity index (χ2n) is 4.54. The maximum absolute atomic E-state index is 12.4. The molecule has 0 bridgehead atoms. The molecule has 9 heteroatoms. The van der Waals surface area contributed by atoms with Crippen molar-refractivity contribution in [2.75, 3.05) is 0 Å². The Morgan fingerprint density at radius 1 is 1.41 bits per heavy atom. The SMILES string of the molecule is CCC(=O)NC(C)c1ccc(-c2noc(C(F)(F)F)n2)cn1. The summed E-state index contributed by atoms with van der Waals surface area (Å²) in [4.78, 5) is 18.7. The molecule has 0 radical (unpaired) electrons. The smallest absolute Gasteiger partial charge is 0.348 e. The van der Waals surface area contributed by atoms with E-state index in [2.05, 4.69) is 25.0 Å². The van der Waals surface area contributed by atoms with Crippen molar-refractivity contribution in [2.45, 2.75) is 32.5 Å². The molecule has 1 amide bonds. The first kappa shape index (κ1) is 15.9. The van der Waals surface area contributed by atoms with Crippen molar-refractivity contribution in [2.24, 2.45) is 0 Å². The molecule has 1 N–H and O–H groups in total. The Hall–Kier alpha value is -2.45. The average Bonchev–Trinajstić information content (AvgIpc) is 2.97. The van der Waals surface area contributed by atoms with Crippen molar-refractivity contribution < 1.29 is 22.5 Å². The zero-order chi connectivity index (χ0) is 16.3. The highest BCUT2D eigenvalue weighted by atomic mass is 19.4. The number of nitrogens with one attached hydrogen (secondary N) is 1. The first-order valence-electron chi connectivity index (χ1n) is 6.48. The third kappa shape index (κ3) is 3.60. The van der Waals surface area contributed by atoms with E-state index in [0.717, 1.165) is 0 Å². The summed E-state index contributed by atoms with van der Waals surface area (Å²) >= 11 is 0. The van der Waals surface area contributed by atoms with E-state index in [0.29, 0.717) is 12.1 Å². The number of hydrogen-bond acceptors (Lipinski definition) is 5. The lowest BCUT2D eigenvalue weighted by atomic mass is 10.1. The quantitative estimate of drug-likeness (QED) is 0.938. The van der Waals surface area contributed by atoms with E-state index in [1.807, 2.05) is 0 Å². The molecule has 0 aliphatic rings. The monoisotopic (exact) mass is 314 g/mol. The van der Waals surface area contributed by atoms with E-state index >= 15 is 0 Å². The van der Waals surface area contributed by atoms with Crippen LogP contribution in [0.3, 0.4) is 0 Å². The van der Waals surface area contributed by atoms with Crippen molar-refractivity contribution in [1.82, 2.24) is 20.4 Å². The van der Waals surface area contributed by atoms with E-state index in [4.69, 9.17) is 0 Å². The standard InChI is InChI=1S/C13H13F3N4O2/c1-3-10(21)18-7(2)9-5-4-8(6-17-9)11-19-12(22-20-11)13(14,15)16/h4-7H,3H2,1-2H3,(H,18,21). The van der Waals surface area contributed by atoms with Crippen molar-refractivity contribution >= 4 is 5.91 Å². The number of carbonyl (C=O) groups is 1. The van der Waals surface area contributed by atoms with Crippen LogP contribution >= 0.6 is 0 Å². The molecule has 2 rings (SSSR count). The summed E-state index contributed by atoms with van der Waals surface area (Å²) < 4.78 is 41.3. The van der Waals surface area contributed by atoms with Crippen LogP contribution < -0.4 is 5.32 Å². The van der Waals surface area contributed by atoms with Crippen molar-refractivity contribution in [1.29, 1.82) is 0 Å². The molecule has 1 unspecified atom stereocenters. The minimum absolute atomic E-state index is 0.119. The van der Waals surface area contributed by atoms with Gasteiger partial charge in [-0.3, -0.25) is 9.78 Å². The molecule has 2 aromatic rings. The summed E-state index contributed by atoms with van der Waals surface area (Å²) in [5, 5.41) is 6.00. The lowest BCUT2D eigenvalue weighted by Gasteiger charge is -2.12. The van der Waals surface area contributed by atoms with Gasteiger partial charge >= 0.3 is 12.1 Å². The van der Waals surface area contributed by atoms with Gasteiger partial charge in [0.05, 0.1) is 11.7 Å². The fraction of sp³-hybridized carbons (Fsp3) is 0.385. The van der Waals surface area contributed by atoms with E-state index in [1.54, 1.807) is 19.9 Å². The summed E-state index contributed by atoms with van der Waals surface area (Å²) in [6, 6.07) is 2.79. The second-order valence-corrected chi connectivity index (χ2v) is 4.54. The average molecular weight is 314 g/mol. The number of nitrogens with zero attached hydrogens (tertiary/aromatic N) is 3. The molecule has 0 fully saturated rings. The van der Waals surface area contributed by atoms with E-state index in [1.165, 1.54) is 12.3 Å². The molecule has 1 atom stereocenters. The Labute approximate surface area is 123 Å². The molecular formula is C13H13F3N4O2. The zero-order valence-electron chi connectivity index (χ0n) is 11.8. The fourth-order valence-corrected chi connectivity index (χ4v) is 1.67. The van der Waals surface area contributed by atoms with Gasteiger partial charge in [0.25, 0.3) is 0 Å². The summed E-state index contributed by atoms with van der Waals surface area (Å²) in [5.41, 5.74) is 0.863. The van der Waals surface area contributed by atoms with Gasteiger partial charge in [0, 0.05) is 18.2 Å². The number of hydrogen-bond donors (Lipinski definition) is 1. The number of aromatic nitrogens is 3. The predicted molar refractivity (Wildman–Crippen MR) is 69.4 cm³/mol. The van der Waals surface area contributed by atoms with Gasteiger partial charge in [0.2, 0.25) is 11.7 Å². The minimum Gasteiger partial charge on any atom is -0.348 e. The van der Waals surface area contributed by atoms with Crippen LogP contribution in [0.1, 0.15) is 37.9 Å². The highest BCUT2D eigenvalue weighted by molar-refractivity contribution is 5.75. The fourth-order valence-electron chi connectivity index (χ4n) is 1.67. The molecule has 0 aliphatic heterocycles. The van der Waals surface area contributed by atoms with Crippen molar-refractivity contribution in [3.05, 3.63) is 29.9 Å². The molecule has 2 heterocycles. The first-order valence-corrected chi connectivity index (χ1v) is 6.48. The normalized spacial score (nSPS) is 13.0. The van der Waals surface area contributed by atoms with Crippen LogP contribution in [0.4, 0.5) is 13.2 Å². The van der Waals surface area contributed by atoms with Gasteiger partial charge in [-0.05, 0) is 19.1 Å². The van der Waals surface area contributed by atoms with E-state index in [9.17, 15) is 18.0 Å². The second kappa shape index (κ2) is 6.12. The van der Waals surface area contributed by atoms with Gasteiger partial charge in [0.1, 0.15) is 0 Å². The van der Waals surface area contributed by atoms with Crippen LogP contribution in [0.2, 0.25) is 0 Å². The number of rotatable bonds is 4. The molecule has 6 nitrogen and oxygen atoms in total. The molecule has 0 aromatic carbocycles. The van der Waals surface area contributed by atoms with Gasteiger partial charge in [-0.15, -0.1) is 0 Å². The van der Waals surface area contributed by atoms with Crippen LogP contribution in [0.25, 0.3) is 11.4 Å². The Balaban J connectivity index is 2.15. The lowest BCUT2D eigenvalue weighted by Crippen LogP contribution is -2.26. The summed E-state index contributed by atoms with van der Waals surface area (Å²) in [5.74, 6) is -1.72. The molecule has 2 aromatic heterocycles. The molecule has 0 aliphatic carbocycles. The van der Waals surface area contributed by atoms with Crippen molar-refractivity contribution in [3.8, 4) is 11.4 Å². The predicted octanol–water partition coefficient (Wildman–Crippen LogP) is 2.74. The Bertz CT molecular complexity index is 652. The van der Waals surface area contributed by atoms with E-state index < -0.39 is 12.1 Å². The van der Waals surface area contributed by atoms with Crippen LogP contribution in [0.15, 0.2) is 22.9 Å². The third-order valence-electron chi connectivity index (χ3n) is 2.86. The number of alkyl halides is 3. The van der Waals surface area contributed by atoms with Gasteiger partial charge in [-0.2, -0.15) is 18.2 Å². The topological polar surface area (TPSA) is 80.9 Å². The Morgan fingerprint density at radius 2 is 2.14 bits per heavy atom. The van der Waals surface area contributed by atoms with Crippen LogP contribution in [0.5, 0.6) is 0 Å². The number of pyridine rings is 1. The molecular weight excluding hydrogens is 301 g/mol. The summed E-state index contributed by atoms with van der Waals surface area (Å²) in [6.45, 7) is 3.48. The third-order valence-corrected chi connectivity index (χ3v) is 2.86. The van der Waals surface area contributed by atoms with Gasteiger partial charge < -0.3 is 9.84 Å². The molecule has 0 saturated carbocycles. The van der Waals surface area contributed by atoms with Crippen LogP contribution in [-0.4, -0.2) is 21.0 Å². The highest BCUT2D eigenvalue weighted by Gasteiger charge is 2.38. The van der Waals surface area contributed by atoms with Gasteiger partial charge in [-0.25, -0.2) is 0 Å².